The molecule has 2 heterocycles. The lowest BCUT2D eigenvalue weighted by Crippen LogP contribution is -2.49. The molecule has 0 unspecified atom stereocenters. The van der Waals surface area contributed by atoms with Crippen molar-refractivity contribution in [1.29, 1.82) is 0 Å². The summed E-state index contributed by atoms with van der Waals surface area (Å²) in [6.07, 6.45) is 3.59. The summed E-state index contributed by atoms with van der Waals surface area (Å²) in [7, 11) is 0. The molecule has 0 bridgehead atoms. The van der Waals surface area contributed by atoms with Gasteiger partial charge in [0.15, 0.2) is 11.5 Å². The number of ether oxygens (including phenoxy) is 3. The van der Waals surface area contributed by atoms with Crippen molar-refractivity contribution < 1.29 is 19.3 Å². The molecular formula is C25H40N2O4. The van der Waals surface area contributed by atoms with Crippen LogP contribution in [0.25, 0.3) is 0 Å². The molecule has 1 saturated carbocycles. The number of piperazine rings is 1. The van der Waals surface area contributed by atoms with Crippen LogP contribution >= 0.6 is 0 Å². The molecule has 0 radical (unpaired) electrons. The summed E-state index contributed by atoms with van der Waals surface area (Å²) in [5, 5.41) is 10.6. The molecule has 4 rings (SSSR count). The minimum atomic E-state index is -0.412. The number of aliphatic hydroxyl groups excluding tert-OH is 1. The van der Waals surface area contributed by atoms with Crippen LogP contribution in [0.2, 0.25) is 0 Å². The van der Waals surface area contributed by atoms with E-state index in [0.717, 1.165) is 56.6 Å². The van der Waals surface area contributed by atoms with E-state index in [-0.39, 0.29) is 0 Å². The van der Waals surface area contributed by atoms with Crippen molar-refractivity contribution in [3.63, 3.8) is 0 Å². The van der Waals surface area contributed by atoms with Gasteiger partial charge in [-0.25, -0.2) is 0 Å². The zero-order chi connectivity index (χ0) is 21.8. The van der Waals surface area contributed by atoms with Crippen LogP contribution in [0.1, 0.15) is 45.6 Å². The number of hydrogen-bond donors (Lipinski definition) is 1. The molecule has 1 aromatic rings. The predicted octanol–water partition coefficient (Wildman–Crippen LogP) is 3.37. The van der Waals surface area contributed by atoms with Crippen LogP contribution < -0.4 is 9.47 Å². The number of nitrogens with zero attached hydrogens (tertiary/aromatic N) is 2. The summed E-state index contributed by atoms with van der Waals surface area (Å²) in [5.74, 6) is 3.70. The molecule has 31 heavy (non-hydrogen) atoms. The van der Waals surface area contributed by atoms with Gasteiger partial charge in [0.05, 0.1) is 18.8 Å². The third-order valence-corrected chi connectivity index (χ3v) is 7.24. The standard InChI is InChI=1S/C25H40N2O4/c1-18(2)22-6-4-19(3)12-24(22)29-16-21(28)15-27-10-8-26(9-11-27)14-20-5-7-23-25(13-20)31-17-30-23/h5,7,13,18-19,21-22,24,28H,4,6,8-12,14-17H2,1-3H3/t19-,21-,22-,24-/m1/s1. The smallest absolute Gasteiger partial charge is 0.231 e. The van der Waals surface area contributed by atoms with Crippen LogP contribution in [0.4, 0.5) is 0 Å². The molecule has 1 saturated heterocycles. The number of hydrogen-bond acceptors (Lipinski definition) is 6. The first-order chi connectivity index (χ1) is 15.0. The lowest BCUT2D eigenvalue weighted by Gasteiger charge is -2.38. The maximum absolute atomic E-state index is 10.6. The molecule has 2 fully saturated rings. The van der Waals surface area contributed by atoms with E-state index in [2.05, 4.69) is 42.7 Å². The van der Waals surface area contributed by atoms with Gasteiger partial charge in [0, 0.05) is 39.3 Å². The lowest BCUT2D eigenvalue weighted by atomic mass is 9.75. The van der Waals surface area contributed by atoms with Gasteiger partial charge in [0.1, 0.15) is 0 Å². The highest BCUT2D eigenvalue weighted by Crippen LogP contribution is 2.35. The van der Waals surface area contributed by atoms with Crippen LogP contribution in [0.5, 0.6) is 11.5 Å². The van der Waals surface area contributed by atoms with Crippen LogP contribution in [-0.4, -0.2) is 73.2 Å². The van der Waals surface area contributed by atoms with E-state index in [9.17, 15) is 5.11 Å². The Labute approximate surface area is 187 Å². The Kier molecular flexibility index (Phi) is 7.75. The van der Waals surface area contributed by atoms with Gasteiger partial charge in [-0.2, -0.15) is 0 Å². The normalized spacial score (nSPS) is 28.2. The highest BCUT2D eigenvalue weighted by Gasteiger charge is 2.32. The van der Waals surface area contributed by atoms with Gasteiger partial charge in [0.2, 0.25) is 6.79 Å². The first kappa shape index (κ1) is 22.8. The third-order valence-electron chi connectivity index (χ3n) is 7.24. The Morgan fingerprint density at radius 3 is 2.58 bits per heavy atom. The van der Waals surface area contributed by atoms with Crippen molar-refractivity contribution in [1.82, 2.24) is 9.80 Å². The second kappa shape index (κ2) is 10.5. The second-order valence-electron chi connectivity index (χ2n) is 10.1. The van der Waals surface area contributed by atoms with Crippen molar-refractivity contribution in [2.24, 2.45) is 17.8 Å². The highest BCUT2D eigenvalue weighted by atomic mass is 16.7. The molecule has 0 aromatic heterocycles. The van der Waals surface area contributed by atoms with E-state index < -0.39 is 6.10 Å². The quantitative estimate of drug-likeness (QED) is 0.680. The van der Waals surface area contributed by atoms with Crippen LogP contribution in [-0.2, 0) is 11.3 Å². The molecule has 1 N–H and O–H groups in total. The number of benzene rings is 1. The topological polar surface area (TPSA) is 54.4 Å². The van der Waals surface area contributed by atoms with E-state index in [1.165, 1.54) is 18.4 Å². The summed E-state index contributed by atoms with van der Waals surface area (Å²) in [5.41, 5.74) is 1.26. The SMILES string of the molecule is CC(C)[C@H]1CC[C@@H](C)C[C@H]1OC[C@H](O)CN1CCN(Cc2ccc3c(c2)OCO3)CC1. The van der Waals surface area contributed by atoms with Crippen molar-refractivity contribution in [2.75, 3.05) is 46.1 Å². The average molecular weight is 433 g/mol. The van der Waals surface area contributed by atoms with E-state index in [1.807, 2.05) is 6.07 Å². The molecule has 6 heteroatoms. The van der Waals surface area contributed by atoms with Crippen molar-refractivity contribution >= 4 is 0 Å². The summed E-state index contributed by atoms with van der Waals surface area (Å²) in [6.45, 7) is 13.3. The number of aliphatic hydroxyl groups is 1. The first-order valence-corrected chi connectivity index (χ1v) is 12.1. The Hall–Kier alpha value is -1.34. The second-order valence-corrected chi connectivity index (χ2v) is 10.1. The molecule has 0 spiro atoms. The molecule has 1 aromatic carbocycles. The van der Waals surface area contributed by atoms with Gasteiger partial charge in [-0.3, -0.25) is 9.80 Å². The van der Waals surface area contributed by atoms with Gasteiger partial charge in [-0.05, 0) is 48.3 Å². The fourth-order valence-electron chi connectivity index (χ4n) is 5.32. The number of β-amino-alcohol motifs (C(OH)–C–C–N with tert-alkyl or cyclic N) is 1. The van der Waals surface area contributed by atoms with Crippen molar-refractivity contribution in [3.05, 3.63) is 23.8 Å². The zero-order valence-corrected chi connectivity index (χ0v) is 19.5. The third kappa shape index (κ3) is 6.13. The fraction of sp³-hybridized carbons (Fsp3) is 0.760. The molecule has 6 nitrogen and oxygen atoms in total. The Bertz CT molecular complexity index is 705. The fourth-order valence-corrected chi connectivity index (χ4v) is 5.32. The maximum Gasteiger partial charge on any atom is 0.231 e. The first-order valence-electron chi connectivity index (χ1n) is 12.1. The summed E-state index contributed by atoms with van der Waals surface area (Å²) >= 11 is 0. The van der Waals surface area contributed by atoms with E-state index >= 15 is 0 Å². The van der Waals surface area contributed by atoms with Crippen molar-refractivity contribution in [2.45, 2.75) is 58.8 Å². The Morgan fingerprint density at radius 2 is 1.81 bits per heavy atom. The zero-order valence-electron chi connectivity index (χ0n) is 19.5. The Balaban J connectivity index is 1.17. The predicted molar refractivity (Wildman–Crippen MR) is 121 cm³/mol. The molecule has 174 valence electrons. The molecule has 0 amide bonds. The van der Waals surface area contributed by atoms with E-state index in [4.69, 9.17) is 14.2 Å². The van der Waals surface area contributed by atoms with Crippen LogP contribution in [0, 0.1) is 17.8 Å². The number of fused-ring (bicyclic) bond motifs is 1. The largest absolute Gasteiger partial charge is 0.454 e. The minimum Gasteiger partial charge on any atom is -0.454 e. The summed E-state index contributed by atoms with van der Waals surface area (Å²) in [6, 6.07) is 6.21. The van der Waals surface area contributed by atoms with Crippen LogP contribution in [0.15, 0.2) is 18.2 Å². The lowest BCUT2D eigenvalue weighted by molar-refractivity contribution is -0.0755. The summed E-state index contributed by atoms with van der Waals surface area (Å²) in [4.78, 5) is 4.83. The highest BCUT2D eigenvalue weighted by molar-refractivity contribution is 5.44. The molecule has 4 atom stereocenters. The van der Waals surface area contributed by atoms with E-state index in [1.54, 1.807) is 0 Å². The van der Waals surface area contributed by atoms with Gasteiger partial charge >= 0.3 is 0 Å². The number of rotatable bonds is 8. The van der Waals surface area contributed by atoms with Crippen molar-refractivity contribution in [3.8, 4) is 11.5 Å². The molecule has 3 aliphatic rings. The molecule has 1 aliphatic carbocycles. The molecule has 2 aliphatic heterocycles. The van der Waals surface area contributed by atoms with Crippen LogP contribution in [0.3, 0.4) is 0 Å². The Morgan fingerprint density at radius 1 is 1.06 bits per heavy atom. The van der Waals surface area contributed by atoms with Gasteiger partial charge in [-0.1, -0.05) is 33.3 Å². The molecular weight excluding hydrogens is 392 g/mol. The monoisotopic (exact) mass is 432 g/mol. The maximum atomic E-state index is 10.6. The van der Waals surface area contributed by atoms with E-state index in [0.29, 0.717) is 37.9 Å². The van der Waals surface area contributed by atoms with Gasteiger partial charge < -0.3 is 19.3 Å². The average Bonchev–Trinajstić information content (AvgIpc) is 3.21. The van der Waals surface area contributed by atoms with Gasteiger partial charge in [0.25, 0.3) is 0 Å². The van der Waals surface area contributed by atoms with Gasteiger partial charge in [-0.15, -0.1) is 0 Å². The minimum absolute atomic E-state index is 0.303. The summed E-state index contributed by atoms with van der Waals surface area (Å²) < 4.78 is 17.1.